The molecule has 1 aliphatic rings. The van der Waals surface area contributed by atoms with Crippen LogP contribution in [0.1, 0.15) is 39.5 Å². The van der Waals surface area contributed by atoms with Gasteiger partial charge in [0.15, 0.2) is 0 Å². The van der Waals surface area contributed by atoms with Gasteiger partial charge in [0.2, 0.25) is 5.91 Å². The number of amides is 1. The molecule has 0 spiro atoms. The molecule has 108 valence electrons. The van der Waals surface area contributed by atoms with Crippen LogP contribution in [-0.4, -0.2) is 32.2 Å². The zero-order valence-corrected chi connectivity index (χ0v) is 12.5. The number of carbonyl (C=O) groups is 1. The average molecular weight is 279 g/mol. The zero-order chi connectivity index (χ0) is 12.9. The molecule has 0 saturated heterocycles. The number of hydrogen-bond donors (Lipinski definition) is 2. The van der Waals surface area contributed by atoms with Crippen LogP contribution in [0.5, 0.6) is 0 Å². The molecule has 1 saturated carbocycles. The first-order chi connectivity index (χ1) is 8.01. The Balaban J connectivity index is 0.00000289. The molecule has 2 atom stereocenters. The number of methoxy groups -OCH3 is 1. The Morgan fingerprint density at radius 3 is 2.44 bits per heavy atom. The number of hydrogen-bond acceptors (Lipinski definition) is 3. The Kier molecular flexibility index (Phi) is 7.83. The fourth-order valence-electron chi connectivity index (χ4n) is 2.18. The van der Waals surface area contributed by atoms with Gasteiger partial charge in [-0.05, 0) is 31.6 Å². The molecule has 1 rings (SSSR count). The number of carbonyl (C=O) groups excluding carboxylic acids is 1. The largest absolute Gasteiger partial charge is 0.385 e. The van der Waals surface area contributed by atoms with Gasteiger partial charge in [0.25, 0.3) is 0 Å². The van der Waals surface area contributed by atoms with Crippen molar-refractivity contribution in [2.75, 3.05) is 20.3 Å². The number of nitrogens with two attached hydrogens (primary N) is 1. The lowest BCUT2D eigenvalue weighted by molar-refractivity contribution is -0.126. The highest BCUT2D eigenvalue weighted by atomic mass is 35.5. The highest BCUT2D eigenvalue weighted by Gasteiger charge is 2.37. The van der Waals surface area contributed by atoms with Crippen molar-refractivity contribution in [3.8, 4) is 0 Å². The van der Waals surface area contributed by atoms with Crippen molar-refractivity contribution in [3.05, 3.63) is 0 Å². The lowest BCUT2D eigenvalue weighted by Gasteiger charge is -2.42. The van der Waals surface area contributed by atoms with Crippen LogP contribution in [0.15, 0.2) is 0 Å². The Bertz CT molecular complexity index is 255. The highest BCUT2D eigenvalue weighted by molar-refractivity contribution is 5.85. The first-order valence-corrected chi connectivity index (χ1v) is 6.53. The molecule has 0 heterocycles. The van der Waals surface area contributed by atoms with E-state index in [-0.39, 0.29) is 35.7 Å². The predicted molar refractivity (Wildman–Crippen MR) is 75.8 cm³/mol. The Labute approximate surface area is 116 Å². The van der Waals surface area contributed by atoms with E-state index in [2.05, 4.69) is 5.32 Å². The summed E-state index contributed by atoms with van der Waals surface area (Å²) in [5.41, 5.74) is 6.00. The molecule has 4 nitrogen and oxygen atoms in total. The van der Waals surface area contributed by atoms with Crippen molar-refractivity contribution < 1.29 is 9.53 Å². The van der Waals surface area contributed by atoms with E-state index < -0.39 is 0 Å². The Morgan fingerprint density at radius 2 is 2.06 bits per heavy atom. The second-order valence-electron chi connectivity index (χ2n) is 5.46. The summed E-state index contributed by atoms with van der Waals surface area (Å²) in [4.78, 5) is 11.8. The van der Waals surface area contributed by atoms with E-state index in [4.69, 9.17) is 10.5 Å². The third-order valence-electron chi connectivity index (χ3n) is 4.09. The molecule has 1 amide bonds. The van der Waals surface area contributed by atoms with Gasteiger partial charge in [0, 0.05) is 32.2 Å². The van der Waals surface area contributed by atoms with E-state index in [9.17, 15) is 4.79 Å². The van der Waals surface area contributed by atoms with Crippen molar-refractivity contribution in [1.29, 1.82) is 0 Å². The molecule has 0 aliphatic heterocycles. The first-order valence-electron chi connectivity index (χ1n) is 6.53. The number of ether oxygens (including phenoxy) is 1. The maximum atomic E-state index is 11.8. The summed E-state index contributed by atoms with van der Waals surface area (Å²) in [6, 6.07) is -0.0914. The molecule has 1 fully saturated rings. The molecule has 0 bridgehead atoms. The van der Waals surface area contributed by atoms with Crippen LogP contribution < -0.4 is 11.1 Å². The molecule has 0 aromatic carbocycles. The van der Waals surface area contributed by atoms with Crippen molar-refractivity contribution in [2.45, 2.75) is 45.6 Å². The van der Waals surface area contributed by atoms with Crippen LogP contribution >= 0.6 is 12.4 Å². The molecular weight excluding hydrogens is 252 g/mol. The van der Waals surface area contributed by atoms with E-state index in [1.807, 2.05) is 13.8 Å². The minimum atomic E-state index is -0.116. The molecule has 2 unspecified atom stereocenters. The number of halogens is 1. The van der Waals surface area contributed by atoms with Crippen LogP contribution in [0.2, 0.25) is 0 Å². The van der Waals surface area contributed by atoms with E-state index in [1.165, 1.54) is 19.3 Å². The third kappa shape index (κ3) is 4.75. The Morgan fingerprint density at radius 1 is 1.44 bits per heavy atom. The third-order valence-corrected chi connectivity index (χ3v) is 4.09. The van der Waals surface area contributed by atoms with E-state index in [0.717, 1.165) is 19.6 Å². The quantitative estimate of drug-likeness (QED) is 0.745. The van der Waals surface area contributed by atoms with Gasteiger partial charge in [-0.25, -0.2) is 0 Å². The van der Waals surface area contributed by atoms with Gasteiger partial charge in [0.05, 0.1) is 0 Å². The molecule has 0 aromatic rings. The molecule has 3 N–H and O–H groups in total. The smallest absolute Gasteiger partial charge is 0.224 e. The summed E-state index contributed by atoms with van der Waals surface area (Å²) in [5, 5.41) is 3.04. The maximum absolute atomic E-state index is 11.8. The van der Waals surface area contributed by atoms with Crippen LogP contribution in [0.3, 0.4) is 0 Å². The topological polar surface area (TPSA) is 64.3 Å². The predicted octanol–water partition coefficient (Wildman–Crippen LogP) is 1.71. The fourth-order valence-corrected chi connectivity index (χ4v) is 2.18. The van der Waals surface area contributed by atoms with Crippen molar-refractivity contribution in [2.24, 2.45) is 17.1 Å². The van der Waals surface area contributed by atoms with Gasteiger partial charge < -0.3 is 15.8 Å². The summed E-state index contributed by atoms with van der Waals surface area (Å²) in [6.45, 7) is 5.29. The molecule has 18 heavy (non-hydrogen) atoms. The summed E-state index contributed by atoms with van der Waals surface area (Å²) >= 11 is 0. The lowest BCUT2D eigenvalue weighted by Crippen LogP contribution is -2.46. The second-order valence-corrected chi connectivity index (χ2v) is 5.46. The van der Waals surface area contributed by atoms with Crippen LogP contribution in [0.4, 0.5) is 0 Å². The molecule has 1 aliphatic carbocycles. The number of nitrogens with one attached hydrogen (secondary N) is 1. The average Bonchev–Trinajstić information content (AvgIpc) is 2.25. The molecule has 0 radical (unpaired) electrons. The summed E-state index contributed by atoms with van der Waals surface area (Å²) < 4.78 is 5.13. The standard InChI is InChI=1S/C13H26N2O2.ClH/c1-10(11(2)14)12(16)15-9-13(5-4-6-13)7-8-17-3;/h10-11H,4-9,14H2,1-3H3,(H,15,16);1H. The van der Waals surface area contributed by atoms with Gasteiger partial charge in [-0.15, -0.1) is 12.4 Å². The summed E-state index contributed by atoms with van der Waals surface area (Å²) in [5.74, 6) is -0.0433. The SMILES string of the molecule is COCCC1(CNC(=O)C(C)C(C)N)CCC1.Cl. The molecule has 5 heteroatoms. The van der Waals surface area contributed by atoms with Crippen LogP contribution in [0.25, 0.3) is 0 Å². The van der Waals surface area contributed by atoms with Crippen molar-refractivity contribution >= 4 is 18.3 Å². The number of rotatable bonds is 7. The monoisotopic (exact) mass is 278 g/mol. The van der Waals surface area contributed by atoms with Gasteiger partial charge in [-0.3, -0.25) is 4.79 Å². The van der Waals surface area contributed by atoms with Gasteiger partial charge >= 0.3 is 0 Å². The lowest BCUT2D eigenvalue weighted by atomic mass is 9.66. The van der Waals surface area contributed by atoms with Crippen LogP contribution in [-0.2, 0) is 9.53 Å². The van der Waals surface area contributed by atoms with Gasteiger partial charge in [0.1, 0.15) is 0 Å². The van der Waals surface area contributed by atoms with Gasteiger partial charge in [-0.2, -0.15) is 0 Å². The zero-order valence-electron chi connectivity index (χ0n) is 11.7. The minimum absolute atomic E-state index is 0. The summed E-state index contributed by atoms with van der Waals surface area (Å²) in [6.07, 6.45) is 4.70. The van der Waals surface area contributed by atoms with Crippen LogP contribution in [0, 0.1) is 11.3 Å². The normalized spacial score (nSPS) is 20.2. The fraction of sp³-hybridized carbons (Fsp3) is 0.923. The van der Waals surface area contributed by atoms with Gasteiger partial charge in [-0.1, -0.05) is 13.3 Å². The maximum Gasteiger partial charge on any atom is 0.224 e. The van der Waals surface area contributed by atoms with E-state index in [1.54, 1.807) is 7.11 Å². The Hall–Kier alpha value is -0.320. The molecular formula is C13H27ClN2O2. The van der Waals surface area contributed by atoms with E-state index >= 15 is 0 Å². The summed E-state index contributed by atoms with van der Waals surface area (Å²) in [7, 11) is 1.73. The van der Waals surface area contributed by atoms with Crippen molar-refractivity contribution in [3.63, 3.8) is 0 Å². The highest BCUT2D eigenvalue weighted by Crippen LogP contribution is 2.43. The molecule has 0 aromatic heterocycles. The first kappa shape index (κ1) is 17.7. The van der Waals surface area contributed by atoms with Crippen molar-refractivity contribution in [1.82, 2.24) is 5.32 Å². The minimum Gasteiger partial charge on any atom is -0.385 e. The second kappa shape index (κ2) is 7.97. The van der Waals surface area contributed by atoms with E-state index in [0.29, 0.717) is 0 Å².